The molecule has 0 aliphatic heterocycles. The minimum Gasteiger partial charge on any atom is -0.313 e. The van der Waals surface area contributed by atoms with Gasteiger partial charge in [-0.05, 0) is 49.7 Å². The van der Waals surface area contributed by atoms with E-state index in [0.29, 0.717) is 5.41 Å². The van der Waals surface area contributed by atoms with E-state index in [9.17, 15) is 0 Å². The lowest BCUT2D eigenvalue weighted by molar-refractivity contribution is 0.134. The third-order valence-electron chi connectivity index (χ3n) is 4.14. The molecule has 1 aliphatic rings. The molecule has 82 valence electrons. The zero-order valence-corrected chi connectivity index (χ0v) is 9.81. The summed E-state index contributed by atoms with van der Waals surface area (Å²) in [5.41, 5.74) is 0.648. The predicted octanol–water partition coefficient (Wildman–Crippen LogP) is 4.41. The van der Waals surface area contributed by atoms with Crippen LogP contribution in [-0.4, -0.2) is 6.21 Å². The van der Waals surface area contributed by atoms with Gasteiger partial charge in [0, 0.05) is 0 Å². The van der Waals surface area contributed by atoms with Crippen molar-refractivity contribution in [3.8, 4) is 0 Å². The molecule has 0 spiro atoms. The molecule has 1 saturated carbocycles. The van der Waals surface area contributed by atoms with Crippen LogP contribution in [0.1, 0.15) is 65.2 Å². The van der Waals surface area contributed by atoms with Crippen molar-refractivity contribution in [3.63, 3.8) is 0 Å². The van der Waals surface area contributed by atoms with Crippen LogP contribution < -0.4 is 0 Å². The van der Waals surface area contributed by atoms with E-state index < -0.39 is 0 Å². The highest BCUT2D eigenvalue weighted by atomic mass is 14.4. The Morgan fingerprint density at radius 3 is 2.50 bits per heavy atom. The van der Waals surface area contributed by atoms with Crippen molar-refractivity contribution in [1.29, 1.82) is 5.41 Å². The largest absolute Gasteiger partial charge is 0.313 e. The van der Waals surface area contributed by atoms with E-state index in [0.717, 1.165) is 12.3 Å². The Labute approximate surface area is 88.8 Å². The third kappa shape index (κ3) is 3.11. The van der Waals surface area contributed by atoms with Gasteiger partial charge in [0.1, 0.15) is 0 Å². The molecule has 1 aliphatic carbocycles. The van der Waals surface area contributed by atoms with Crippen LogP contribution in [0.25, 0.3) is 0 Å². The second kappa shape index (κ2) is 5.53. The molecule has 0 aromatic carbocycles. The first-order valence-electron chi connectivity index (χ1n) is 6.21. The third-order valence-corrected chi connectivity index (χ3v) is 4.14. The Bertz CT molecular complexity index is 166. The Morgan fingerprint density at radius 1 is 1.36 bits per heavy atom. The van der Waals surface area contributed by atoms with Crippen LogP contribution in [0.2, 0.25) is 0 Å². The summed E-state index contributed by atoms with van der Waals surface area (Å²) >= 11 is 0. The van der Waals surface area contributed by atoms with Crippen molar-refractivity contribution in [3.05, 3.63) is 0 Å². The molecule has 0 radical (unpaired) electrons. The number of unbranched alkanes of at least 4 members (excludes halogenated alkanes) is 1. The van der Waals surface area contributed by atoms with Gasteiger partial charge >= 0.3 is 0 Å². The summed E-state index contributed by atoms with van der Waals surface area (Å²) < 4.78 is 0. The minimum atomic E-state index is 0.648. The van der Waals surface area contributed by atoms with Gasteiger partial charge < -0.3 is 5.41 Å². The molecule has 1 nitrogen and oxygen atoms in total. The maximum atomic E-state index is 7.05. The van der Waals surface area contributed by atoms with Crippen LogP contribution >= 0.6 is 0 Å². The van der Waals surface area contributed by atoms with E-state index in [4.69, 9.17) is 5.41 Å². The standard InChI is InChI=1S/C13H25N/c1-3-13(8-4-5-11-14)9-6-12(2)7-10-13/h11-12,14H,3-10H2,1-2H3. The first kappa shape index (κ1) is 11.7. The Morgan fingerprint density at radius 2 is 2.00 bits per heavy atom. The lowest BCUT2D eigenvalue weighted by Crippen LogP contribution is -2.26. The molecule has 0 aromatic rings. The SMILES string of the molecule is CCC1(CCCC=N)CCC(C)CC1. The summed E-state index contributed by atoms with van der Waals surface area (Å²) in [4.78, 5) is 0. The number of hydrogen-bond donors (Lipinski definition) is 1. The Kier molecular flexibility index (Phi) is 4.64. The lowest BCUT2D eigenvalue weighted by Gasteiger charge is -2.39. The highest BCUT2D eigenvalue weighted by Gasteiger charge is 2.31. The van der Waals surface area contributed by atoms with E-state index in [1.807, 2.05) is 0 Å². The smallest absolute Gasteiger partial charge is 0.00477 e. The molecular weight excluding hydrogens is 170 g/mol. The molecule has 14 heavy (non-hydrogen) atoms. The number of nitrogens with one attached hydrogen (secondary N) is 1. The first-order valence-corrected chi connectivity index (χ1v) is 6.21. The Balaban J connectivity index is 2.37. The molecule has 1 N–H and O–H groups in total. The van der Waals surface area contributed by atoms with Crippen LogP contribution in [0.4, 0.5) is 0 Å². The normalized spacial score (nSPS) is 32.9. The molecule has 0 aromatic heterocycles. The maximum Gasteiger partial charge on any atom is -0.00477 e. The molecule has 0 unspecified atom stereocenters. The van der Waals surface area contributed by atoms with E-state index in [1.165, 1.54) is 44.9 Å². The van der Waals surface area contributed by atoms with Crippen LogP contribution in [0.15, 0.2) is 0 Å². The maximum absolute atomic E-state index is 7.05. The van der Waals surface area contributed by atoms with Gasteiger partial charge in [0.15, 0.2) is 0 Å². The fourth-order valence-electron chi connectivity index (χ4n) is 2.73. The fourth-order valence-corrected chi connectivity index (χ4v) is 2.73. The quantitative estimate of drug-likeness (QED) is 0.496. The minimum absolute atomic E-state index is 0.648. The van der Waals surface area contributed by atoms with Crippen molar-refractivity contribution in [2.24, 2.45) is 11.3 Å². The summed E-state index contributed by atoms with van der Waals surface area (Å²) in [6, 6.07) is 0. The first-order chi connectivity index (χ1) is 6.72. The van der Waals surface area contributed by atoms with Crippen LogP contribution in [0, 0.1) is 16.7 Å². The van der Waals surface area contributed by atoms with E-state index in [2.05, 4.69) is 13.8 Å². The van der Waals surface area contributed by atoms with Crippen molar-refractivity contribution < 1.29 is 0 Å². The summed E-state index contributed by atoms with van der Waals surface area (Å²) in [5, 5.41) is 7.05. The average Bonchev–Trinajstić information content (AvgIpc) is 2.22. The van der Waals surface area contributed by atoms with Gasteiger partial charge in [-0.15, -0.1) is 0 Å². The van der Waals surface area contributed by atoms with Crippen LogP contribution in [-0.2, 0) is 0 Å². The molecule has 0 amide bonds. The van der Waals surface area contributed by atoms with E-state index in [-0.39, 0.29) is 0 Å². The van der Waals surface area contributed by atoms with Gasteiger partial charge in [0.25, 0.3) is 0 Å². The summed E-state index contributed by atoms with van der Waals surface area (Å²) in [6.45, 7) is 4.73. The molecule has 0 saturated heterocycles. The highest BCUT2D eigenvalue weighted by molar-refractivity contribution is 5.52. The van der Waals surface area contributed by atoms with E-state index in [1.54, 1.807) is 6.21 Å². The van der Waals surface area contributed by atoms with Gasteiger partial charge in [-0.25, -0.2) is 0 Å². The Hall–Kier alpha value is -0.330. The van der Waals surface area contributed by atoms with Gasteiger partial charge in [0.2, 0.25) is 0 Å². The molecule has 0 atom stereocenters. The molecule has 1 rings (SSSR count). The second-order valence-electron chi connectivity index (χ2n) is 5.13. The van der Waals surface area contributed by atoms with Gasteiger partial charge in [-0.2, -0.15) is 0 Å². The zero-order chi connectivity index (χ0) is 10.4. The molecule has 1 fully saturated rings. The van der Waals surface area contributed by atoms with Crippen molar-refractivity contribution in [2.75, 3.05) is 0 Å². The summed E-state index contributed by atoms with van der Waals surface area (Å²) in [6.07, 6.45) is 12.2. The van der Waals surface area contributed by atoms with Gasteiger partial charge in [-0.3, -0.25) is 0 Å². The lowest BCUT2D eigenvalue weighted by atomic mass is 9.67. The predicted molar refractivity (Wildman–Crippen MR) is 63.0 cm³/mol. The molecule has 0 heterocycles. The molecule has 1 heteroatoms. The second-order valence-corrected chi connectivity index (χ2v) is 5.13. The summed E-state index contributed by atoms with van der Waals surface area (Å²) in [5.74, 6) is 0.956. The van der Waals surface area contributed by atoms with Crippen molar-refractivity contribution in [1.82, 2.24) is 0 Å². The fraction of sp³-hybridized carbons (Fsp3) is 0.923. The van der Waals surface area contributed by atoms with Crippen molar-refractivity contribution >= 4 is 6.21 Å². The molecule has 0 bridgehead atoms. The zero-order valence-electron chi connectivity index (χ0n) is 9.81. The van der Waals surface area contributed by atoms with Gasteiger partial charge in [-0.1, -0.05) is 33.1 Å². The highest BCUT2D eigenvalue weighted by Crippen LogP contribution is 2.44. The van der Waals surface area contributed by atoms with Crippen LogP contribution in [0.3, 0.4) is 0 Å². The van der Waals surface area contributed by atoms with Gasteiger partial charge in [0.05, 0.1) is 0 Å². The summed E-state index contributed by atoms with van der Waals surface area (Å²) in [7, 11) is 0. The topological polar surface area (TPSA) is 23.9 Å². The monoisotopic (exact) mass is 195 g/mol. The van der Waals surface area contributed by atoms with Crippen LogP contribution in [0.5, 0.6) is 0 Å². The number of hydrogen-bond acceptors (Lipinski definition) is 1. The average molecular weight is 195 g/mol. The van der Waals surface area contributed by atoms with E-state index >= 15 is 0 Å². The van der Waals surface area contributed by atoms with Crippen molar-refractivity contribution in [2.45, 2.75) is 65.2 Å². The molecular formula is C13H25N. The number of rotatable bonds is 5.